The Morgan fingerprint density at radius 1 is 1.21 bits per heavy atom. The van der Waals surface area contributed by atoms with Crippen LogP contribution in [0.1, 0.15) is 58.3 Å². The molecule has 1 aliphatic carbocycles. The van der Waals surface area contributed by atoms with Crippen LogP contribution in [0.2, 0.25) is 0 Å². The van der Waals surface area contributed by atoms with Crippen molar-refractivity contribution in [3.63, 3.8) is 0 Å². The maximum absolute atomic E-state index is 12.5. The third-order valence-electron chi connectivity index (χ3n) is 5.56. The molecule has 3 aliphatic rings. The lowest BCUT2D eigenvalue weighted by molar-refractivity contribution is -0.134. The normalized spacial score (nSPS) is 35.6. The van der Waals surface area contributed by atoms with Crippen molar-refractivity contribution in [2.75, 3.05) is 13.1 Å². The van der Waals surface area contributed by atoms with E-state index >= 15 is 0 Å². The van der Waals surface area contributed by atoms with Crippen LogP contribution in [0, 0.1) is 11.8 Å². The van der Waals surface area contributed by atoms with Crippen molar-refractivity contribution in [1.82, 2.24) is 10.2 Å². The minimum atomic E-state index is 0.425. The standard InChI is InChI=1S/C16H28N2O/c1-12-9-14-10-17-11-15(14)18(12)16(19)8-7-13-5-3-2-4-6-13/h12-15,17H,2-11H2,1H3. The first-order valence-corrected chi connectivity index (χ1v) is 8.27. The second-order valence-corrected chi connectivity index (χ2v) is 6.91. The second-order valence-electron chi connectivity index (χ2n) is 6.91. The Morgan fingerprint density at radius 2 is 2.00 bits per heavy atom. The van der Waals surface area contributed by atoms with Crippen molar-refractivity contribution in [2.45, 2.75) is 70.4 Å². The molecule has 0 aromatic rings. The van der Waals surface area contributed by atoms with E-state index in [9.17, 15) is 4.79 Å². The lowest BCUT2D eigenvalue weighted by Gasteiger charge is -2.29. The molecular weight excluding hydrogens is 236 g/mol. The van der Waals surface area contributed by atoms with Crippen molar-refractivity contribution in [2.24, 2.45) is 11.8 Å². The SMILES string of the molecule is CC1CC2CNCC2N1C(=O)CCC1CCCCC1. The number of hydrogen-bond donors (Lipinski definition) is 1. The van der Waals surface area contributed by atoms with Crippen molar-refractivity contribution in [3.8, 4) is 0 Å². The zero-order valence-corrected chi connectivity index (χ0v) is 12.2. The molecule has 1 amide bonds. The molecule has 3 rings (SSSR count). The molecule has 1 N–H and O–H groups in total. The molecule has 0 radical (unpaired) electrons. The quantitative estimate of drug-likeness (QED) is 0.849. The number of hydrogen-bond acceptors (Lipinski definition) is 2. The summed E-state index contributed by atoms with van der Waals surface area (Å²) >= 11 is 0. The molecule has 3 unspecified atom stereocenters. The highest BCUT2D eigenvalue weighted by atomic mass is 16.2. The number of carbonyl (C=O) groups excluding carboxylic acids is 1. The number of amides is 1. The van der Waals surface area contributed by atoms with Crippen LogP contribution in [0.5, 0.6) is 0 Å². The Labute approximate surface area is 117 Å². The highest BCUT2D eigenvalue weighted by Crippen LogP contribution is 2.34. The molecule has 19 heavy (non-hydrogen) atoms. The van der Waals surface area contributed by atoms with E-state index in [1.54, 1.807) is 0 Å². The number of fused-ring (bicyclic) bond motifs is 1. The molecule has 0 spiro atoms. The Kier molecular flexibility index (Phi) is 4.11. The van der Waals surface area contributed by atoms with Crippen LogP contribution >= 0.6 is 0 Å². The molecule has 3 atom stereocenters. The molecule has 0 aromatic heterocycles. The molecule has 3 fully saturated rings. The number of likely N-dealkylation sites (tertiary alicyclic amines) is 1. The fourth-order valence-electron chi connectivity index (χ4n) is 4.53. The number of rotatable bonds is 3. The van der Waals surface area contributed by atoms with Gasteiger partial charge in [-0.25, -0.2) is 0 Å². The van der Waals surface area contributed by atoms with Crippen molar-refractivity contribution in [1.29, 1.82) is 0 Å². The summed E-state index contributed by atoms with van der Waals surface area (Å²) in [6.07, 6.45) is 10.0. The average Bonchev–Trinajstić information content (AvgIpc) is 2.97. The predicted molar refractivity (Wildman–Crippen MR) is 76.9 cm³/mol. The third kappa shape index (κ3) is 2.81. The molecular formula is C16H28N2O. The molecule has 1 saturated carbocycles. The maximum atomic E-state index is 12.5. The maximum Gasteiger partial charge on any atom is 0.223 e. The van der Waals surface area contributed by atoms with Gasteiger partial charge in [0.25, 0.3) is 0 Å². The summed E-state index contributed by atoms with van der Waals surface area (Å²) in [5, 5.41) is 3.44. The fourth-order valence-corrected chi connectivity index (χ4v) is 4.53. The first-order valence-electron chi connectivity index (χ1n) is 8.27. The van der Waals surface area contributed by atoms with Crippen molar-refractivity contribution in [3.05, 3.63) is 0 Å². The fraction of sp³-hybridized carbons (Fsp3) is 0.938. The summed E-state index contributed by atoms with van der Waals surface area (Å²) in [6, 6.07) is 0.963. The number of carbonyl (C=O) groups is 1. The van der Waals surface area contributed by atoms with Crippen molar-refractivity contribution < 1.29 is 4.79 Å². The van der Waals surface area contributed by atoms with E-state index in [0.29, 0.717) is 23.9 Å². The summed E-state index contributed by atoms with van der Waals surface area (Å²) in [6.45, 7) is 4.36. The van der Waals surface area contributed by atoms with Gasteiger partial charge in [0, 0.05) is 31.6 Å². The first-order chi connectivity index (χ1) is 9.25. The van der Waals surface area contributed by atoms with Gasteiger partial charge in [0.2, 0.25) is 5.91 Å². The molecule has 0 bridgehead atoms. The van der Waals surface area contributed by atoms with Crippen LogP contribution < -0.4 is 5.32 Å². The second kappa shape index (κ2) is 5.82. The molecule has 2 aliphatic heterocycles. The smallest absolute Gasteiger partial charge is 0.223 e. The molecule has 108 valence electrons. The Morgan fingerprint density at radius 3 is 2.79 bits per heavy atom. The lowest BCUT2D eigenvalue weighted by atomic mass is 9.86. The average molecular weight is 264 g/mol. The van der Waals surface area contributed by atoms with E-state index in [4.69, 9.17) is 0 Å². The highest BCUT2D eigenvalue weighted by molar-refractivity contribution is 5.77. The van der Waals surface area contributed by atoms with Crippen molar-refractivity contribution >= 4 is 5.91 Å². The van der Waals surface area contributed by atoms with Crippen LogP contribution in [-0.4, -0.2) is 36.0 Å². The van der Waals surface area contributed by atoms with Gasteiger partial charge >= 0.3 is 0 Å². The number of nitrogens with zero attached hydrogens (tertiary/aromatic N) is 1. The van der Waals surface area contributed by atoms with Crippen LogP contribution in [0.3, 0.4) is 0 Å². The van der Waals surface area contributed by atoms with Gasteiger partial charge in [-0.2, -0.15) is 0 Å². The topological polar surface area (TPSA) is 32.3 Å². The van der Waals surface area contributed by atoms with Gasteiger partial charge in [-0.15, -0.1) is 0 Å². The molecule has 3 nitrogen and oxygen atoms in total. The molecule has 0 aromatic carbocycles. The van der Waals surface area contributed by atoms with E-state index < -0.39 is 0 Å². The van der Waals surface area contributed by atoms with Crippen LogP contribution in [0.25, 0.3) is 0 Å². The minimum absolute atomic E-state index is 0.425. The Balaban J connectivity index is 1.51. The summed E-state index contributed by atoms with van der Waals surface area (Å²) in [5.41, 5.74) is 0. The van der Waals surface area contributed by atoms with Gasteiger partial charge in [-0.1, -0.05) is 32.1 Å². The summed E-state index contributed by atoms with van der Waals surface area (Å²) < 4.78 is 0. The van der Waals surface area contributed by atoms with Gasteiger partial charge < -0.3 is 10.2 Å². The van der Waals surface area contributed by atoms with Gasteiger partial charge in [-0.05, 0) is 31.6 Å². The third-order valence-corrected chi connectivity index (χ3v) is 5.56. The van der Waals surface area contributed by atoms with E-state index in [-0.39, 0.29) is 0 Å². The van der Waals surface area contributed by atoms with Gasteiger partial charge in [0.15, 0.2) is 0 Å². The lowest BCUT2D eigenvalue weighted by Crippen LogP contribution is -2.42. The van der Waals surface area contributed by atoms with E-state index in [2.05, 4.69) is 17.1 Å². The highest BCUT2D eigenvalue weighted by Gasteiger charge is 2.43. The van der Waals surface area contributed by atoms with Crippen LogP contribution in [0.4, 0.5) is 0 Å². The molecule has 2 saturated heterocycles. The minimum Gasteiger partial charge on any atom is -0.335 e. The predicted octanol–water partition coefficient (Wildman–Crippen LogP) is 2.56. The van der Waals surface area contributed by atoms with Gasteiger partial charge in [0.05, 0.1) is 0 Å². The van der Waals surface area contributed by atoms with Crippen LogP contribution in [-0.2, 0) is 4.79 Å². The number of nitrogens with one attached hydrogen (secondary N) is 1. The summed E-state index contributed by atoms with van der Waals surface area (Å²) in [5.74, 6) is 1.97. The van der Waals surface area contributed by atoms with Crippen LogP contribution in [0.15, 0.2) is 0 Å². The largest absolute Gasteiger partial charge is 0.335 e. The monoisotopic (exact) mass is 264 g/mol. The summed E-state index contributed by atoms with van der Waals surface area (Å²) in [7, 11) is 0. The van der Waals surface area contributed by atoms with E-state index in [1.165, 1.54) is 38.5 Å². The summed E-state index contributed by atoms with van der Waals surface area (Å²) in [4.78, 5) is 14.8. The zero-order valence-electron chi connectivity index (χ0n) is 12.2. The van der Waals surface area contributed by atoms with Gasteiger partial charge in [-0.3, -0.25) is 4.79 Å². The molecule has 2 heterocycles. The van der Waals surface area contributed by atoms with Gasteiger partial charge in [0.1, 0.15) is 0 Å². The molecule has 3 heteroatoms. The zero-order chi connectivity index (χ0) is 13.2. The first kappa shape index (κ1) is 13.4. The van der Waals surface area contributed by atoms with E-state index in [1.807, 2.05) is 0 Å². The Bertz CT molecular complexity index is 325. The Hall–Kier alpha value is -0.570. The van der Waals surface area contributed by atoms with E-state index in [0.717, 1.165) is 31.8 Å².